The Hall–Kier alpha value is -3.82. The third kappa shape index (κ3) is 4.28. The lowest BCUT2D eigenvalue weighted by Gasteiger charge is -2.13. The molecular formula is C24H21FN4O3S. The van der Waals surface area contributed by atoms with Gasteiger partial charge in [-0.05, 0) is 54.6 Å². The van der Waals surface area contributed by atoms with E-state index >= 15 is 0 Å². The Bertz CT molecular complexity index is 1450. The van der Waals surface area contributed by atoms with Crippen LogP contribution in [0.2, 0.25) is 0 Å². The first-order valence-electron chi connectivity index (χ1n) is 10.0. The van der Waals surface area contributed by atoms with Crippen molar-refractivity contribution in [2.45, 2.75) is 11.4 Å². The van der Waals surface area contributed by atoms with Crippen molar-refractivity contribution in [3.8, 4) is 22.4 Å². The number of hydrogen-bond donors (Lipinski definition) is 2. The van der Waals surface area contributed by atoms with Gasteiger partial charge < -0.3 is 11.1 Å². The van der Waals surface area contributed by atoms with Crippen LogP contribution in [0.4, 0.5) is 4.39 Å². The monoisotopic (exact) mass is 464 g/mol. The molecule has 2 aromatic carbocycles. The van der Waals surface area contributed by atoms with Gasteiger partial charge in [0.2, 0.25) is 5.91 Å². The maximum Gasteiger partial charge on any atom is 0.268 e. The van der Waals surface area contributed by atoms with Crippen molar-refractivity contribution in [2.75, 3.05) is 7.05 Å². The topological polar surface area (TPSA) is 107 Å². The molecule has 3 N–H and O–H groups in total. The second-order valence-corrected chi connectivity index (χ2v) is 9.17. The number of amides is 1. The molecule has 2 heterocycles. The smallest absolute Gasteiger partial charge is 0.268 e. The Morgan fingerprint density at radius 1 is 1.09 bits per heavy atom. The third-order valence-electron chi connectivity index (χ3n) is 5.16. The number of halogens is 1. The molecule has 7 nitrogen and oxygen atoms in total. The zero-order chi connectivity index (χ0) is 23.6. The van der Waals surface area contributed by atoms with Crippen LogP contribution >= 0.6 is 0 Å². The molecule has 0 aliphatic heterocycles. The molecule has 33 heavy (non-hydrogen) atoms. The molecule has 168 valence electrons. The fourth-order valence-electron chi connectivity index (χ4n) is 3.64. The highest BCUT2D eigenvalue weighted by Gasteiger charge is 2.24. The molecule has 0 radical (unpaired) electrons. The maximum absolute atomic E-state index is 14.6. The van der Waals surface area contributed by atoms with Crippen LogP contribution in [0.3, 0.4) is 0 Å². The van der Waals surface area contributed by atoms with Crippen LogP contribution in [-0.4, -0.2) is 30.3 Å². The second kappa shape index (κ2) is 8.97. The highest BCUT2D eigenvalue weighted by molar-refractivity contribution is 7.90. The van der Waals surface area contributed by atoms with E-state index in [1.807, 2.05) is 0 Å². The average molecular weight is 465 g/mol. The standard InChI is InChI=1S/C24H21FN4O3S/c1-27-13-16-11-23(20-7-2-3-8-22(20)25)29(15-16)33(31,32)18-6-4-5-17(12-18)21-14-28-10-9-19(21)24(26)30/h2-12,14-15,27H,13H2,1H3,(H2,26,30). The Kier molecular flexibility index (Phi) is 6.08. The average Bonchev–Trinajstić information content (AvgIpc) is 3.24. The molecule has 0 bridgehead atoms. The first-order valence-corrected chi connectivity index (χ1v) is 11.5. The van der Waals surface area contributed by atoms with E-state index in [0.29, 0.717) is 23.2 Å². The van der Waals surface area contributed by atoms with Gasteiger partial charge in [0.1, 0.15) is 5.82 Å². The largest absolute Gasteiger partial charge is 0.366 e. The molecule has 1 amide bonds. The van der Waals surface area contributed by atoms with E-state index in [9.17, 15) is 17.6 Å². The predicted octanol–water partition coefficient (Wildman–Crippen LogP) is 3.41. The SMILES string of the molecule is CNCc1cc(-c2ccccc2F)n(S(=O)(=O)c2cccc(-c3cnccc3C(N)=O)c2)c1. The van der Waals surface area contributed by atoms with Gasteiger partial charge in [0.15, 0.2) is 0 Å². The highest BCUT2D eigenvalue weighted by Crippen LogP contribution is 2.31. The van der Waals surface area contributed by atoms with Crippen molar-refractivity contribution in [1.29, 1.82) is 0 Å². The van der Waals surface area contributed by atoms with E-state index in [1.54, 1.807) is 37.4 Å². The number of benzene rings is 2. The van der Waals surface area contributed by atoms with Gasteiger partial charge in [-0.15, -0.1) is 0 Å². The zero-order valence-electron chi connectivity index (χ0n) is 17.7. The Morgan fingerprint density at radius 3 is 2.61 bits per heavy atom. The summed E-state index contributed by atoms with van der Waals surface area (Å²) in [6, 6.07) is 15.3. The van der Waals surface area contributed by atoms with Gasteiger partial charge in [0.25, 0.3) is 10.0 Å². The number of carbonyl (C=O) groups excluding carboxylic acids is 1. The summed E-state index contributed by atoms with van der Waals surface area (Å²) in [6.45, 7) is 0.404. The summed E-state index contributed by atoms with van der Waals surface area (Å²) >= 11 is 0. The van der Waals surface area contributed by atoms with E-state index in [0.717, 1.165) is 3.97 Å². The molecule has 0 aliphatic carbocycles. The third-order valence-corrected chi connectivity index (χ3v) is 6.83. The van der Waals surface area contributed by atoms with Crippen LogP contribution in [-0.2, 0) is 16.6 Å². The lowest BCUT2D eigenvalue weighted by molar-refractivity contribution is 0.100. The van der Waals surface area contributed by atoms with Gasteiger partial charge in [0.05, 0.1) is 10.6 Å². The van der Waals surface area contributed by atoms with Gasteiger partial charge in [0, 0.05) is 41.8 Å². The van der Waals surface area contributed by atoms with Crippen molar-refractivity contribution in [2.24, 2.45) is 5.73 Å². The molecule has 4 rings (SSSR count). The predicted molar refractivity (Wildman–Crippen MR) is 123 cm³/mol. The molecule has 0 saturated heterocycles. The summed E-state index contributed by atoms with van der Waals surface area (Å²) in [6.07, 6.45) is 4.37. The summed E-state index contributed by atoms with van der Waals surface area (Å²) in [4.78, 5) is 15.8. The number of hydrogen-bond acceptors (Lipinski definition) is 5. The quantitative estimate of drug-likeness (QED) is 0.436. The number of rotatable bonds is 7. The summed E-state index contributed by atoms with van der Waals surface area (Å²) in [7, 11) is -2.37. The summed E-state index contributed by atoms with van der Waals surface area (Å²) in [5.41, 5.74) is 7.63. The van der Waals surface area contributed by atoms with Crippen LogP contribution in [0.25, 0.3) is 22.4 Å². The molecule has 4 aromatic rings. The van der Waals surface area contributed by atoms with E-state index < -0.39 is 21.7 Å². The number of nitrogens with one attached hydrogen (secondary N) is 1. The van der Waals surface area contributed by atoms with Gasteiger partial charge >= 0.3 is 0 Å². The fourth-order valence-corrected chi connectivity index (χ4v) is 5.08. The summed E-state index contributed by atoms with van der Waals surface area (Å²) in [5, 5.41) is 2.98. The van der Waals surface area contributed by atoms with Crippen LogP contribution in [0.1, 0.15) is 15.9 Å². The number of nitrogens with two attached hydrogens (primary N) is 1. The first-order chi connectivity index (χ1) is 15.8. The number of nitrogens with zero attached hydrogens (tertiary/aromatic N) is 2. The van der Waals surface area contributed by atoms with Crippen LogP contribution < -0.4 is 11.1 Å². The van der Waals surface area contributed by atoms with Crippen LogP contribution in [0.15, 0.2) is 84.1 Å². The number of pyridine rings is 1. The number of primary amides is 1. The minimum atomic E-state index is -4.11. The normalized spacial score (nSPS) is 11.5. The van der Waals surface area contributed by atoms with E-state index in [-0.39, 0.29) is 21.7 Å². The molecule has 0 saturated carbocycles. The number of carbonyl (C=O) groups is 1. The van der Waals surface area contributed by atoms with E-state index in [2.05, 4.69) is 10.3 Å². The first kappa shape index (κ1) is 22.4. The Labute approximate surface area is 190 Å². The van der Waals surface area contributed by atoms with Crippen LogP contribution in [0.5, 0.6) is 0 Å². The van der Waals surface area contributed by atoms with Crippen molar-refractivity contribution < 1.29 is 17.6 Å². The lowest BCUT2D eigenvalue weighted by atomic mass is 10.0. The minimum Gasteiger partial charge on any atom is -0.366 e. The molecule has 0 atom stereocenters. The van der Waals surface area contributed by atoms with Crippen molar-refractivity contribution in [3.05, 3.63) is 96.2 Å². The van der Waals surface area contributed by atoms with Crippen LogP contribution in [0, 0.1) is 5.82 Å². The fraction of sp³-hybridized carbons (Fsp3) is 0.0833. The van der Waals surface area contributed by atoms with Gasteiger partial charge in [-0.1, -0.05) is 24.3 Å². The minimum absolute atomic E-state index is 0.0246. The molecular weight excluding hydrogens is 443 g/mol. The van der Waals surface area contributed by atoms with Gasteiger partial charge in [-0.2, -0.15) is 0 Å². The molecule has 0 unspecified atom stereocenters. The second-order valence-electron chi connectivity index (χ2n) is 7.36. The van der Waals surface area contributed by atoms with Crippen molar-refractivity contribution in [1.82, 2.24) is 14.3 Å². The van der Waals surface area contributed by atoms with Crippen molar-refractivity contribution >= 4 is 15.9 Å². The highest BCUT2D eigenvalue weighted by atomic mass is 32.2. The molecule has 0 spiro atoms. The molecule has 9 heteroatoms. The van der Waals surface area contributed by atoms with Crippen molar-refractivity contribution in [3.63, 3.8) is 0 Å². The molecule has 0 aliphatic rings. The zero-order valence-corrected chi connectivity index (χ0v) is 18.5. The summed E-state index contributed by atoms with van der Waals surface area (Å²) in [5.74, 6) is -1.18. The number of aromatic nitrogens is 2. The van der Waals surface area contributed by atoms with E-state index in [1.165, 1.54) is 48.9 Å². The lowest BCUT2D eigenvalue weighted by Crippen LogP contribution is -2.14. The molecule has 0 fully saturated rings. The van der Waals surface area contributed by atoms with E-state index in [4.69, 9.17) is 5.73 Å². The Morgan fingerprint density at radius 2 is 1.88 bits per heavy atom. The molecule has 2 aromatic heterocycles. The Balaban J connectivity index is 1.88. The maximum atomic E-state index is 14.6. The van der Waals surface area contributed by atoms with Gasteiger partial charge in [-0.3, -0.25) is 9.78 Å². The van der Waals surface area contributed by atoms with Gasteiger partial charge in [-0.25, -0.2) is 16.8 Å². The summed E-state index contributed by atoms with van der Waals surface area (Å²) < 4.78 is 43.0.